The topological polar surface area (TPSA) is 91.3 Å². The number of aliphatic hydroxyl groups is 1. The maximum atomic E-state index is 12.8. The molecule has 160 valence electrons. The Morgan fingerprint density at radius 2 is 1.83 bits per heavy atom. The maximum absolute atomic E-state index is 12.8. The van der Waals surface area contributed by atoms with Crippen molar-refractivity contribution in [3.8, 4) is 21.8 Å². The van der Waals surface area contributed by atoms with Gasteiger partial charge in [0.05, 0.1) is 16.7 Å². The monoisotopic (exact) mass is 445 g/mol. The molecule has 1 unspecified atom stereocenters. The van der Waals surface area contributed by atoms with Crippen LogP contribution in [0.25, 0.3) is 21.8 Å². The van der Waals surface area contributed by atoms with Crippen LogP contribution in [-0.4, -0.2) is 36.7 Å². The molecule has 0 amide bonds. The molecule has 1 aromatic heterocycles. The molecule has 0 bridgehead atoms. The van der Waals surface area contributed by atoms with E-state index >= 15 is 0 Å². The highest BCUT2D eigenvalue weighted by atomic mass is 32.2. The van der Waals surface area contributed by atoms with Crippen LogP contribution >= 0.6 is 11.3 Å². The molecule has 0 aliphatic rings. The summed E-state index contributed by atoms with van der Waals surface area (Å²) in [4.78, 5) is 4.90. The third kappa shape index (κ3) is 5.66. The third-order valence-electron chi connectivity index (χ3n) is 4.13. The Balaban J connectivity index is 2.01. The number of benzene rings is 2. The fraction of sp³-hybridized carbons (Fsp3) is 0.318. The molecule has 0 saturated heterocycles. The Morgan fingerprint density at radius 1 is 1.13 bits per heavy atom. The normalized spacial score (nSPS) is 13.2. The number of nitrogens with zero attached hydrogens (tertiary/aromatic N) is 1. The first kappa shape index (κ1) is 22.4. The molecule has 0 saturated carbocycles. The second-order valence-electron chi connectivity index (χ2n) is 8.20. The van der Waals surface area contributed by atoms with Crippen molar-refractivity contribution in [2.24, 2.45) is 0 Å². The predicted molar refractivity (Wildman–Crippen MR) is 123 cm³/mol. The summed E-state index contributed by atoms with van der Waals surface area (Å²) < 4.78 is 28.2. The smallest absolute Gasteiger partial charge is 0.241 e. The minimum Gasteiger partial charge on any atom is -0.392 e. The summed E-state index contributed by atoms with van der Waals surface area (Å²) in [5.74, 6) is 0. The van der Waals surface area contributed by atoms with E-state index in [2.05, 4.69) is 10.0 Å². The van der Waals surface area contributed by atoms with E-state index < -0.39 is 21.7 Å². The molecule has 0 aliphatic carbocycles. The van der Waals surface area contributed by atoms with Crippen LogP contribution in [0.4, 0.5) is 5.69 Å². The number of aliphatic hydroxyl groups excluding tert-OH is 1. The van der Waals surface area contributed by atoms with Gasteiger partial charge in [0.1, 0.15) is 5.01 Å². The van der Waals surface area contributed by atoms with Gasteiger partial charge in [0.15, 0.2) is 0 Å². The zero-order valence-electron chi connectivity index (χ0n) is 17.5. The van der Waals surface area contributed by atoms with Gasteiger partial charge in [-0.25, -0.2) is 18.1 Å². The summed E-state index contributed by atoms with van der Waals surface area (Å²) in [5, 5.41) is 15.7. The Morgan fingerprint density at radius 3 is 2.47 bits per heavy atom. The SMILES string of the molecule is CC(O)CNc1cc(S(=O)(=O)NC(C)(C)C)ccc1-c1csc(-c2ccccc2)n1. The summed E-state index contributed by atoms with van der Waals surface area (Å²) in [7, 11) is -3.69. The predicted octanol–water partition coefficient (Wildman–Crippen LogP) is 4.35. The number of thiazole rings is 1. The first-order valence-electron chi connectivity index (χ1n) is 9.66. The van der Waals surface area contributed by atoms with E-state index in [9.17, 15) is 13.5 Å². The molecular weight excluding hydrogens is 418 g/mol. The number of aromatic nitrogens is 1. The maximum Gasteiger partial charge on any atom is 0.241 e. The Labute approximate surface area is 182 Å². The van der Waals surface area contributed by atoms with E-state index in [-0.39, 0.29) is 4.90 Å². The van der Waals surface area contributed by atoms with Crippen LogP contribution < -0.4 is 10.0 Å². The van der Waals surface area contributed by atoms with Gasteiger partial charge in [-0.3, -0.25) is 0 Å². The van der Waals surface area contributed by atoms with E-state index in [4.69, 9.17) is 4.98 Å². The van der Waals surface area contributed by atoms with E-state index in [0.29, 0.717) is 12.2 Å². The van der Waals surface area contributed by atoms with E-state index in [1.165, 1.54) is 11.3 Å². The molecule has 0 aliphatic heterocycles. The first-order valence-corrected chi connectivity index (χ1v) is 12.0. The van der Waals surface area contributed by atoms with Crippen molar-refractivity contribution in [1.82, 2.24) is 9.71 Å². The van der Waals surface area contributed by atoms with Crippen LogP contribution in [-0.2, 0) is 10.0 Å². The number of hydrogen-bond donors (Lipinski definition) is 3. The van der Waals surface area contributed by atoms with Crippen LogP contribution in [0.2, 0.25) is 0 Å². The fourth-order valence-corrected chi connectivity index (χ4v) is 5.16. The van der Waals surface area contributed by atoms with Crippen LogP contribution in [0.3, 0.4) is 0 Å². The highest BCUT2D eigenvalue weighted by Gasteiger charge is 2.23. The van der Waals surface area contributed by atoms with Gasteiger partial charge < -0.3 is 10.4 Å². The summed E-state index contributed by atoms with van der Waals surface area (Å²) in [6.07, 6.45) is -0.582. The first-order chi connectivity index (χ1) is 14.0. The zero-order chi connectivity index (χ0) is 21.9. The van der Waals surface area contributed by atoms with Crippen molar-refractivity contribution in [3.63, 3.8) is 0 Å². The number of anilines is 1. The molecule has 0 fully saturated rings. The molecule has 2 aromatic carbocycles. The average Bonchev–Trinajstić information content (AvgIpc) is 3.15. The Kier molecular flexibility index (Phi) is 6.62. The van der Waals surface area contributed by atoms with Crippen molar-refractivity contribution in [2.45, 2.75) is 44.2 Å². The fourth-order valence-electron chi connectivity index (χ4n) is 2.89. The number of rotatable bonds is 7. The van der Waals surface area contributed by atoms with E-state index in [0.717, 1.165) is 21.8 Å². The summed E-state index contributed by atoms with van der Waals surface area (Å²) >= 11 is 1.53. The van der Waals surface area contributed by atoms with Crippen LogP contribution in [0.15, 0.2) is 58.8 Å². The molecule has 1 heterocycles. The van der Waals surface area contributed by atoms with Gasteiger partial charge in [-0.15, -0.1) is 11.3 Å². The molecular formula is C22H27N3O3S2. The number of sulfonamides is 1. The summed E-state index contributed by atoms with van der Waals surface area (Å²) in [6.45, 7) is 7.35. The Bertz CT molecular complexity index is 1100. The van der Waals surface area contributed by atoms with E-state index in [1.54, 1.807) is 45.9 Å². The van der Waals surface area contributed by atoms with Gasteiger partial charge >= 0.3 is 0 Å². The number of hydrogen-bond acceptors (Lipinski definition) is 6. The lowest BCUT2D eigenvalue weighted by Gasteiger charge is -2.21. The lowest BCUT2D eigenvalue weighted by atomic mass is 10.1. The summed E-state index contributed by atoms with van der Waals surface area (Å²) in [5.41, 5.74) is 2.58. The molecule has 3 N–H and O–H groups in total. The van der Waals surface area contributed by atoms with Gasteiger partial charge in [0, 0.05) is 34.3 Å². The molecule has 1 atom stereocenters. The quantitative estimate of drug-likeness (QED) is 0.503. The molecule has 0 spiro atoms. The largest absolute Gasteiger partial charge is 0.392 e. The highest BCUT2D eigenvalue weighted by molar-refractivity contribution is 7.89. The van der Waals surface area contributed by atoms with Crippen molar-refractivity contribution < 1.29 is 13.5 Å². The molecule has 30 heavy (non-hydrogen) atoms. The van der Waals surface area contributed by atoms with Crippen LogP contribution in [0, 0.1) is 0 Å². The second-order valence-corrected chi connectivity index (χ2v) is 10.7. The average molecular weight is 446 g/mol. The van der Waals surface area contributed by atoms with Gasteiger partial charge in [0.25, 0.3) is 0 Å². The van der Waals surface area contributed by atoms with Crippen molar-refractivity contribution in [1.29, 1.82) is 0 Å². The van der Waals surface area contributed by atoms with Gasteiger partial charge in [0.2, 0.25) is 10.0 Å². The molecule has 3 aromatic rings. The minimum absolute atomic E-state index is 0.160. The molecule has 3 rings (SSSR count). The van der Waals surface area contributed by atoms with Gasteiger partial charge in [-0.05, 0) is 45.9 Å². The molecule has 0 radical (unpaired) electrons. The third-order valence-corrected chi connectivity index (χ3v) is 6.78. The summed E-state index contributed by atoms with van der Waals surface area (Å²) in [6, 6.07) is 14.8. The second kappa shape index (κ2) is 8.85. The number of nitrogens with one attached hydrogen (secondary N) is 2. The van der Waals surface area contributed by atoms with Crippen molar-refractivity contribution >= 4 is 27.0 Å². The molecule has 6 nitrogen and oxygen atoms in total. The van der Waals surface area contributed by atoms with Crippen LogP contribution in [0.5, 0.6) is 0 Å². The van der Waals surface area contributed by atoms with Crippen LogP contribution in [0.1, 0.15) is 27.7 Å². The lowest BCUT2D eigenvalue weighted by Crippen LogP contribution is -2.40. The van der Waals surface area contributed by atoms with E-state index in [1.807, 2.05) is 35.7 Å². The minimum atomic E-state index is -3.69. The highest BCUT2D eigenvalue weighted by Crippen LogP contribution is 2.34. The molecule has 8 heteroatoms. The van der Waals surface area contributed by atoms with Crippen molar-refractivity contribution in [3.05, 3.63) is 53.9 Å². The van der Waals surface area contributed by atoms with Gasteiger partial charge in [-0.1, -0.05) is 30.3 Å². The van der Waals surface area contributed by atoms with Crippen molar-refractivity contribution in [2.75, 3.05) is 11.9 Å². The lowest BCUT2D eigenvalue weighted by molar-refractivity contribution is 0.208. The Hall–Kier alpha value is -2.26. The van der Waals surface area contributed by atoms with Gasteiger partial charge in [-0.2, -0.15) is 0 Å². The zero-order valence-corrected chi connectivity index (χ0v) is 19.1. The standard InChI is InChI=1S/C22H27N3O3S2/c1-15(26)13-23-19-12-17(30(27,28)25-22(2,3)4)10-11-18(19)20-14-29-21(24-20)16-8-6-5-7-9-16/h5-12,14-15,23,25-26H,13H2,1-4H3.